The number of sulfonamides is 1. The Morgan fingerprint density at radius 1 is 1.71 bits per heavy atom. The standard InChI is InChI=1S/C7H12ClN3O2S/c1-5(8)3-10-14(12,13)7-4-9-6(2)11-7/h4-5,10H,3H2,1-2H3,(H,9,11). The second-order valence-corrected chi connectivity index (χ2v) is 5.45. The van der Waals surface area contributed by atoms with Crippen LogP contribution in [0.5, 0.6) is 0 Å². The Morgan fingerprint density at radius 3 is 2.79 bits per heavy atom. The van der Waals surface area contributed by atoms with Crippen LogP contribution < -0.4 is 4.72 Å². The first-order chi connectivity index (χ1) is 6.42. The van der Waals surface area contributed by atoms with Gasteiger partial charge in [-0.2, -0.15) is 0 Å². The van der Waals surface area contributed by atoms with Crippen LogP contribution in [0, 0.1) is 6.92 Å². The summed E-state index contributed by atoms with van der Waals surface area (Å²) in [7, 11) is -3.49. The minimum Gasteiger partial charge on any atom is -0.332 e. The van der Waals surface area contributed by atoms with Gasteiger partial charge in [0.15, 0.2) is 5.03 Å². The summed E-state index contributed by atoms with van der Waals surface area (Å²) in [5.74, 6) is 0.560. The van der Waals surface area contributed by atoms with Crippen molar-refractivity contribution in [3.05, 3.63) is 12.0 Å². The van der Waals surface area contributed by atoms with Gasteiger partial charge in [0.25, 0.3) is 10.0 Å². The first-order valence-electron chi connectivity index (χ1n) is 4.07. The second-order valence-electron chi connectivity index (χ2n) is 2.97. The molecule has 1 rings (SSSR count). The van der Waals surface area contributed by atoms with Crippen molar-refractivity contribution in [1.29, 1.82) is 0 Å². The van der Waals surface area contributed by atoms with Gasteiger partial charge in [0.1, 0.15) is 5.82 Å². The highest BCUT2D eigenvalue weighted by Gasteiger charge is 2.16. The number of nitrogens with one attached hydrogen (secondary N) is 2. The van der Waals surface area contributed by atoms with Gasteiger partial charge in [-0.05, 0) is 13.8 Å². The van der Waals surface area contributed by atoms with E-state index in [1.165, 1.54) is 6.20 Å². The number of H-pyrrole nitrogens is 1. The molecule has 1 atom stereocenters. The van der Waals surface area contributed by atoms with Gasteiger partial charge in [0.05, 0.1) is 6.20 Å². The van der Waals surface area contributed by atoms with Crippen LogP contribution in [0.4, 0.5) is 0 Å². The predicted molar refractivity (Wildman–Crippen MR) is 53.8 cm³/mol. The zero-order chi connectivity index (χ0) is 10.8. The van der Waals surface area contributed by atoms with E-state index in [4.69, 9.17) is 11.6 Å². The Balaban J connectivity index is 2.76. The van der Waals surface area contributed by atoms with E-state index in [-0.39, 0.29) is 16.9 Å². The minimum atomic E-state index is -3.49. The molecule has 0 aliphatic carbocycles. The minimum absolute atomic E-state index is 0.0623. The van der Waals surface area contributed by atoms with Gasteiger partial charge in [-0.1, -0.05) is 0 Å². The van der Waals surface area contributed by atoms with E-state index in [9.17, 15) is 8.42 Å². The molecule has 0 saturated carbocycles. The van der Waals surface area contributed by atoms with Gasteiger partial charge in [-0.25, -0.2) is 18.1 Å². The van der Waals surface area contributed by atoms with Crippen LogP contribution in [0.25, 0.3) is 0 Å². The maximum atomic E-state index is 11.5. The third-order valence-electron chi connectivity index (χ3n) is 1.52. The van der Waals surface area contributed by atoms with Crippen molar-refractivity contribution in [3.8, 4) is 0 Å². The Hall–Kier alpha value is -0.590. The first-order valence-corrected chi connectivity index (χ1v) is 5.99. The molecule has 0 aliphatic heterocycles. The Kier molecular flexibility index (Phi) is 3.52. The van der Waals surface area contributed by atoms with E-state index in [1.54, 1.807) is 13.8 Å². The number of nitrogens with zero attached hydrogens (tertiary/aromatic N) is 1. The largest absolute Gasteiger partial charge is 0.332 e. The number of halogens is 1. The second kappa shape index (κ2) is 4.29. The highest BCUT2D eigenvalue weighted by molar-refractivity contribution is 7.89. The quantitative estimate of drug-likeness (QED) is 0.754. The average molecular weight is 238 g/mol. The third-order valence-corrected chi connectivity index (χ3v) is 3.01. The molecule has 7 heteroatoms. The molecule has 0 saturated heterocycles. The van der Waals surface area contributed by atoms with Crippen LogP contribution in [-0.2, 0) is 10.0 Å². The topological polar surface area (TPSA) is 74.8 Å². The van der Waals surface area contributed by atoms with E-state index in [0.717, 1.165) is 0 Å². The molecule has 0 amide bonds. The first kappa shape index (κ1) is 11.5. The molecule has 0 fully saturated rings. The lowest BCUT2D eigenvalue weighted by Gasteiger charge is -2.05. The lowest BCUT2D eigenvalue weighted by Crippen LogP contribution is -2.28. The molecule has 14 heavy (non-hydrogen) atoms. The summed E-state index contributed by atoms with van der Waals surface area (Å²) < 4.78 is 25.4. The fourth-order valence-electron chi connectivity index (χ4n) is 0.837. The summed E-state index contributed by atoms with van der Waals surface area (Å²) >= 11 is 5.62. The highest BCUT2D eigenvalue weighted by Crippen LogP contribution is 2.04. The van der Waals surface area contributed by atoms with Crippen LogP contribution in [0.2, 0.25) is 0 Å². The number of aryl methyl sites for hydroxylation is 1. The summed E-state index contributed by atoms with van der Waals surface area (Å²) in [6.07, 6.45) is 1.27. The van der Waals surface area contributed by atoms with Gasteiger partial charge in [-0.15, -0.1) is 11.6 Å². The zero-order valence-electron chi connectivity index (χ0n) is 7.91. The number of rotatable bonds is 4. The van der Waals surface area contributed by atoms with Crippen LogP contribution in [0.3, 0.4) is 0 Å². The lowest BCUT2D eigenvalue weighted by atomic mass is 10.5. The molecular weight excluding hydrogens is 226 g/mol. The third kappa shape index (κ3) is 2.97. The maximum absolute atomic E-state index is 11.5. The number of aromatic amines is 1. The molecule has 2 N–H and O–H groups in total. The van der Waals surface area contributed by atoms with E-state index < -0.39 is 10.0 Å². The fraction of sp³-hybridized carbons (Fsp3) is 0.571. The zero-order valence-corrected chi connectivity index (χ0v) is 9.48. The van der Waals surface area contributed by atoms with Crippen molar-refractivity contribution in [2.24, 2.45) is 0 Å². The fourth-order valence-corrected chi connectivity index (χ4v) is 2.10. The summed E-state index contributed by atoms with van der Waals surface area (Å²) in [4.78, 5) is 6.44. The van der Waals surface area contributed by atoms with Crippen LogP contribution in [0.15, 0.2) is 11.2 Å². The van der Waals surface area contributed by atoms with Gasteiger partial charge in [0.2, 0.25) is 0 Å². The molecule has 0 radical (unpaired) electrons. The van der Waals surface area contributed by atoms with Gasteiger partial charge in [0, 0.05) is 11.9 Å². The van der Waals surface area contributed by atoms with E-state index in [0.29, 0.717) is 5.82 Å². The number of alkyl halides is 1. The van der Waals surface area contributed by atoms with E-state index >= 15 is 0 Å². The molecular formula is C7H12ClN3O2S. The molecule has 0 aromatic carbocycles. The normalized spacial score (nSPS) is 14.2. The monoisotopic (exact) mass is 237 g/mol. The van der Waals surface area contributed by atoms with Crippen LogP contribution in [0.1, 0.15) is 12.7 Å². The Bertz CT molecular complexity index is 399. The summed E-state index contributed by atoms with van der Waals surface area (Å²) in [5.41, 5.74) is 0. The number of hydrogen-bond acceptors (Lipinski definition) is 3. The Morgan fingerprint density at radius 2 is 2.36 bits per heavy atom. The van der Waals surface area contributed by atoms with Gasteiger partial charge in [-0.3, -0.25) is 0 Å². The average Bonchev–Trinajstić information content (AvgIpc) is 2.49. The Labute approximate surface area is 87.9 Å². The van der Waals surface area contributed by atoms with E-state index in [1.807, 2.05) is 0 Å². The highest BCUT2D eigenvalue weighted by atomic mass is 35.5. The molecule has 0 aliphatic rings. The van der Waals surface area contributed by atoms with Crippen molar-refractivity contribution >= 4 is 21.6 Å². The van der Waals surface area contributed by atoms with Crippen molar-refractivity contribution in [3.63, 3.8) is 0 Å². The van der Waals surface area contributed by atoms with Crippen LogP contribution in [-0.4, -0.2) is 30.3 Å². The molecule has 80 valence electrons. The summed E-state index contributed by atoms with van der Waals surface area (Å²) in [6, 6.07) is 0. The summed E-state index contributed by atoms with van der Waals surface area (Å²) in [5, 5.41) is -0.180. The van der Waals surface area contributed by atoms with Crippen molar-refractivity contribution in [2.75, 3.05) is 6.54 Å². The number of aromatic nitrogens is 2. The number of hydrogen-bond donors (Lipinski definition) is 2. The molecule has 0 bridgehead atoms. The molecule has 1 unspecified atom stereocenters. The molecule has 0 spiro atoms. The molecule has 5 nitrogen and oxygen atoms in total. The molecule has 1 aromatic rings. The van der Waals surface area contributed by atoms with Crippen LogP contribution >= 0.6 is 11.6 Å². The molecule has 1 heterocycles. The van der Waals surface area contributed by atoms with Crippen molar-refractivity contribution < 1.29 is 8.42 Å². The van der Waals surface area contributed by atoms with E-state index in [2.05, 4.69) is 14.7 Å². The smallest absolute Gasteiger partial charge is 0.257 e. The number of imidazole rings is 1. The SMILES string of the molecule is Cc1ncc(S(=O)(=O)NCC(C)Cl)[nH]1. The molecule has 1 aromatic heterocycles. The van der Waals surface area contributed by atoms with Gasteiger partial charge >= 0.3 is 0 Å². The van der Waals surface area contributed by atoms with Crippen molar-refractivity contribution in [2.45, 2.75) is 24.3 Å². The maximum Gasteiger partial charge on any atom is 0.257 e. The lowest BCUT2D eigenvalue weighted by molar-refractivity contribution is 0.577. The summed E-state index contributed by atoms with van der Waals surface area (Å²) in [6.45, 7) is 3.59. The van der Waals surface area contributed by atoms with Crippen molar-refractivity contribution in [1.82, 2.24) is 14.7 Å². The predicted octanol–water partition coefficient (Wildman–Crippen LogP) is 0.624. The van der Waals surface area contributed by atoms with Gasteiger partial charge < -0.3 is 4.98 Å².